The minimum absolute atomic E-state index is 0.290. The molecule has 1 aromatic rings. The molecule has 3 unspecified atom stereocenters. The van der Waals surface area contributed by atoms with E-state index >= 15 is 0 Å². The number of amides is 1. The Morgan fingerprint density at radius 2 is 2.05 bits per heavy atom. The molecule has 22 heavy (non-hydrogen) atoms. The summed E-state index contributed by atoms with van der Waals surface area (Å²) >= 11 is 5.20. The Bertz CT molecular complexity index is 534. The highest BCUT2D eigenvalue weighted by Crippen LogP contribution is 2.45. The standard InChI is InChI=1S/C12H13ClF3N3O2S/c1-18-10(22-11(19(18)16)12(13,14)15)8(20)9(21)17-7-5-3-2-4-6-7/h2-6,8,10-11,20H,1H3,(H,17,21). The van der Waals surface area contributed by atoms with Crippen LogP contribution in [0.15, 0.2) is 30.3 Å². The summed E-state index contributed by atoms with van der Waals surface area (Å²) in [6, 6.07) is 8.26. The molecule has 0 spiro atoms. The van der Waals surface area contributed by atoms with Crippen LogP contribution in [0.4, 0.5) is 18.9 Å². The van der Waals surface area contributed by atoms with E-state index in [1.807, 2.05) is 0 Å². The second-order valence-electron chi connectivity index (χ2n) is 4.58. The van der Waals surface area contributed by atoms with Gasteiger partial charge in [0.1, 0.15) is 5.37 Å². The number of aliphatic hydroxyl groups excluding tert-OH is 1. The zero-order chi connectivity index (χ0) is 16.5. The molecule has 1 heterocycles. The highest BCUT2D eigenvalue weighted by atomic mass is 35.5. The van der Waals surface area contributed by atoms with Crippen molar-refractivity contribution in [3.05, 3.63) is 30.3 Å². The van der Waals surface area contributed by atoms with Crippen molar-refractivity contribution in [2.45, 2.75) is 22.2 Å². The predicted molar refractivity (Wildman–Crippen MR) is 77.8 cm³/mol. The molecule has 1 aliphatic rings. The number of benzene rings is 1. The van der Waals surface area contributed by atoms with E-state index < -0.39 is 28.1 Å². The Morgan fingerprint density at radius 1 is 1.45 bits per heavy atom. The molecule has 1 fully saturated rings. The van der Waals surface area contributed by atoms with Gasteiger partial charge in [-0.25, -0.2) is 0 Å². The number of thioether (sulfide) groups is 1. The van der Waals surface area contributed by atoms with Crippen LogP contribution in [0, 0.1) is 0 Å². The number of carbonyl (C=O) groups excluding carboxylic acids is 1. The number of halogens is 4. The van der Waals surface area contributed by atoms with Gasteiger partial charge in [0, 0.05) is 12.7 Å². The van der Waals surface area contributed by atoms with Crippen molar-refractivity contribution in [1.82, 2.24) is 10.2 Å². The molecule has 5 nitrogen and oxygen atoms in total. The summed E-state index contributed by atoms with van der Waals surface area (Å²) in [5.74, 6) is -0.831. The summed E-state index contributed by atoms with van der Waals surface area (Å²) in [5.41, 5.74) is 0.425. The zero-order valence-electron chi connectivity index (χ0n) is 11.3. The first-order valence-electron chi connectivity index (χ1n) is 6.15. The Kier molecular flexibility index (Phi) is 5.23. The van der Waals surface area contributed by atoms with Crippen molar-refractivity contribution in [2.75, 3.05) is 12.4 Å². The van der Waals surface area contributed by atoms with Gasteiger partial charge >= 0.3 is 5.38 Å². The molecule has 0 aliphatic carbocycles. The number of nitrogens with one attached hydrogen (secondary N) is 1. The highest BCUT2D eigenvalue weighted by molar-refractivity contribution is 8.00. The maximum absolute atomic E-state index is 13.7. The average Bonchev–Trinajstić information content (AvgIpc) is 2.75. The SMILES string of the molecule is CN1C(C(O)C(=O)Nc2ccccc2)SC(C(F)(F)Cl)N1F. The molecule has 2 rings (SSSR count). The number of carbonyl (C=O) groups is 1. The number of para-hydroxylation sites is 1. The van der Waals surface area contributed by atoms with E-state index in [2.05, 4.69) is 5.32 Å². The normalized spacial score (nSPS) is 25.2. The van der Waals surface area contributed by atoms with Crippen LogP contribution in [0.1, 0.15) is 0 Å². The van der Waals surface area contributed by atoms with E-state index in [1.54, 1.807) is 30.3 Å². The molecule has 10 heteroatoms. The van der Waals surface area contributed by atoms with E-state index in [9.17, 15) is 23.2 Å². The molecule has 1 aromatic carbocycles. The van der Waals surface area contributed by atoms with E-state index in [0.717, 1.165) is 7.05 Å². The second kappa shape index (κ2) is 6.63. The fourth-order valence-corrected chi connectivity index (χ4v) is 3.33. The van der Waals surface area contributed by atoms with Crippen LogP contribution < -0.4 is 5.32 Å². The number of hydrogen-bond acceptors (Lipinski definition) is 5. The number of likely N-dealkylation sites (N-methyl/N-ethyl adjacent to an activating group) is 1. The fourth-order valence-electron chi connectivity index (χ4n) is 1.89. The summed E-state index contributed by atoms with van der Waals surface area (Å²) in [5, 5.41) is 5.72. The number of alkyl halides is 3. The lowest BCUT2D eigenvalue weighted by molar-refractivity contribution is -0.196. The number of hydrazine groups is 1. The van der Waals surface area contributed by atoms with Crippen molar-refractivity contribution >= 4 is 35.0 Å². The molecular weight excluding hydrogens is 343 g/mol. The lowest BCUT2D eigenvalue weighted by atomic mass is 10.2. The Morgan fingerprint density at radius 3 is 2.55 bits per heavy atom. The zero-order valence-corrected chi connectivity index (χ0v) is 12.9. The Balaban J connectivity index is 2.06. The monoisotopic (exact) mass is 355 g/mol. The third-order valence-electron chi connectivity index (χ3n) is 2.99. The van der Waals surface area contributed by atoms with Crippen molar-refractivity contribution < 1.29 is 23.2 Å². The molecular formula is C12H13ClF3N3O2S. The molecule has 2 N–H and O–H groups in total. The minimum Gasteiger partial charge on any atom is -0.381 e. The number of hydrogen-bond donors (Lipinski definition) is 2. The summed E-state index contributed by atoms with van der Waals surface area (Å²) in [4.78, 5) is 11.9. The van der Waals surface area contributed by atoms with Crippen LogP contribution >= 0.6 is 23.4 Å². The fraction of sp³-hybridized carbons (Fsp3) is 0.417. The molecule has 0 radical (unpaired) electrons. The van der Waals surface area contributed by atoms with Gasteiger partial charge in [0.25, 0.3) is 5.91 Å². The molecule has 0 aromatic heterocycles. The molecule has 1 amide bonds. The van der Waals surface area contributed by atoms with Crippen LogP contribution in [0.3, 0.4) is 0 Å². The Hall–Kier alpha value is -1.000. The molecule has 3 atom stereocenters. The van der Waals surface area contributed by atoms with E-state index in [1.165, 1.54) is 0 Å². The van der Waals surface area contributed by atoms with Gasteiger partial charge in [0.05, 0.1) is 0 Å². The van der Waals surface area contributed by atoms with Crippen molar-refractivity contribution in [3.8, 4) is 0 Å². The highest BCUT2D eigenvalue weighted by Gasteiger charge is 2.54. The van der Waals surface area contributed by atoms with Gasteiger partial charge < -0.3 is 10.4 Å². The Labute approximate surface area is 133 Å². The first kappa shape index (κ1) is 17.4. The van der Waals surface area contributed by atoms with Gasteiger partial charge in [-0.1, -0.05) is 23.4 Å². The van der Waals surface area contributed by atoms with Gasteiger partial charge in [-0.05, 0) is 23.7 Å². The van der Waals surface area contributed by atoms with Crippen LogP contribution in [0.5, 0.6) is 0 Å². The van der Waals surface area contributed by atoms with E-state index in [0.29, 0.717) is 22.5 Å². The number of aliphatic hydroxyl groups is 1. The third-order valence-corrected chi connectivity index (χ3v) is 4.90. The lowest BCUT2D eigenvalue weighted by Gasteiger charge is -2.24. The van der Waals surface area contributed by atoms with Crippen molar-refractivity contribution in [1.29, 1.82) is 0 Å². The molecule has 0 bridgehead atoms. The molecule has 1 saturated heterocycles. The summed E-state index contributed by atoms with van der Waals surface area (Å²) in [7, 11) is 1.14. The van der Waals surface area contributed by atoms with Crippen LogP contribution in [-0.2, 0) is 4.79 Å². The smallest absolute Gasteiger partial charge is 0.350 e. The van der Waals surface area contributed by atoms with E-state index in [-0.39, 0.29) is 5.23 Å². The molecule has 1 aliphatic heterocycles. The van der Waals surface area contributed by atoms with E-state index in [4.69, 9.17) is 11.6 Å². The summed E-state index contributed by atoms with van der Waals surface area (Å²) in [6.45, 7) is 0. The molecule has 0 saturated carbocycles. The van der Waals surface area contributed by atoms with Gasteiger partial charge in [-0.2, -0.15) is 13.8 Å². The minimum atomic E-state index is -3.85. The van der Waals surface area contributed by atoms with Crippen molar-refractivity contribution in [2.24, 2.45) is 0 Å². The van der Waals surface area contributed by atoms with Crippen molar-refractivity contribution in [3.63, 3.8) is 0 Å². The van der Waals surface area contributed by atoms with Crippen LogP contribution in [-0.4, -0.2) is 50.5 Å². The third kappa shape index (κ3) is 3.66. The van der Waals surface area contributed by atoms with Gasteiger partial charge in [-0.15, -0.1) is 16.2 Å². The summed E-state index contributed by atoms with van der Waals surface area (Å²) < 4.78 is 39.9. The van der Waals surface area contributed by atoms with Crippen LogP contribution in [0.25, 0.3) is 0 Å². The maximum atomic E-state index is 13.7. The predicted octanol–water partition coefficient (Wildman–Crippen LogP) is 2.25. The molecule has 122 valence electrons. The number of rotatable bonds is 4. The summed E-state index contributed by atoms with van der Waals surface area (Å²) in [6.07, 6.45) is -1.72. The number of anilines is 1. The van der Waals surface area contributed by atoms with Gasteiger partial charge in [-0.3, -0.25) is 4.79 Å². The first-order valence-corrected chi connectivity index (χ1v) is 7.48. The average molecular weight is 356 g/mol. The topological polar surface area (TPSA) is 55.8 Å². The number of nitrogens with zero attached hydrogens (tertiary/aromatic N) is 2. The lowest BCUT2D eigenvalue weighted by Crippen LogP contribution is -2.46. The van der Waals surface area contributed by atoms with Gasteiger partial charge in [0.15, 0.2) is 11.5 Å². The van der Waals surface area contributed by atoms with Crippen LogP contribution in [0.2, 0.25) is 0 Å². The quantitative estimate of drug-likeness (QED) is 0.641. The first-order chi connectivity index (χ1) is 10.2. The van der Waals surface area contributed by atoms with Gasteiger partial charge in [0.2, 0.25) is 0 Å². The largest absolute Gasteiger partial charge is 0.381 e. The maximum Gasteiger partial charge on any atom is 0.350 e. The second-order valence-corrected chi connectivity index (χ2v) is 6.29.